The van der Waals surface area contributed by atoms with Gasteiger partial charge in [-0.15, -0.1) is 11.3 Å². The van der Waals surface area contributed by atoms with Gasteiger partial charge in [0.05, 0.1) is 10.2 Å². The first-order valence-electron chi connectivity index (χ1n) is 7.76. The van der Waals surface area contributed by atoms with Crippen molar-refractivity contribution in [2.75, 3.05) is 5.73 Å². The molecule has 0 aliphatic carbocycles. The number of carbonyl (C=O) groups is 1. The van der Waals surface area contributed by atoms with E-state index in [2.05, 4.69) is 18.8 Å². The molecule has 1 aromatic heterocycles. The number of fused-ring (bicyclic) bond motifs is 1. The Labute approximate surface area is 140 Å². The van der Waals surface area contributed by atoms with Gasteiger partial charge in [0, 0.05) is 22.7 Å². The smallest absolute Gasteiger partial charge is 0.165 e. The Morgan fingerprint density at radius 3 is 2.43 bits per heavy atom. The molecule has 23 heavy (non-hydrogen) atoms. The number of hydrogen-bond acceptors (Lipinski definition) is 4. The number of nitrogens with zero attached hydrogens (tertiary/aromatic N) is 1. The predicted molar refractivity (Wildman–Crippen MR) is 97.8 cm³/mol. The Balaban J connectivity index is 1.98. The molecule has 3 nitrogen and oxygen atoms in total. The third-order valence-corrected chi connectivity index (χ3v) is 5.31. The van der Waals surface area contributed by atoms with Crippen LogP contribution in [0.3, 0.4) is 0 Å². The fourth-order valence-corrected chi connectivity index (χ4v) is 3.40. The first-order valence-corrected chi connectivity index (χ1v) is 8.58. The van der Waals surface area contributed by atoms with Crippen LogP contribution in [0, 0.1) is 11.8 Å². The number of thiazole rings is 1. The van der Waals surface area contributed by atoms with E-state index >= 15 is 0 Å². The van der Waals surface area contributed by atoms with Crippen LogP contribution in [0.25, 0.3) is 20.8 Å². The molecule has 0 bridgehead atoms. The first-order chi connectivity index (χ1) is 11.0. The molecular weight excluding hydrogens is 304 g/mol. The summed E-state index contributed by atoms with van der Waals surface area (Å²) in [6, 6.07) is 13.5. The van der Waals surface area contributed by atoms with E-state index in [1.54, 1.807) is 11.3 Å². The average Bonchev–Trinajstić information content (AvgIpc) is 2.97. The molecule has 4 heteroatoms. The molecule has 0 spiro atoms. The Bertz CT molecular complexity index is 849. The van der Waals surface area contributed by atoms with Gasteiger partial charge in [-0.05, 0) is 48.4 Å². The predicted octanol–water partition coefficient (Wildman–Crippen LogP) is 5.02. The van der Waals surface area contributed by atoms with Crippen LogP contribution >= 0.6 is 11.3 Å². The van der Waals surface area contributed by atoms with Crippen LogP contribution in [-0.2, 0) is 0 Å². The van der Waals surface area contributed by atoms with Crippen molar-refractivity contribution in [3.05, 3.63) is 48.0 Å². The molecule has 0 saturated carbocycles. The van der Waals surface area contributed by atoms with E-state index in [1.165, 1.54) is 0 Å². The lowest BCUT2D eigenvalue weighted by atomic mass is 9.90. The summed E-state index contributed by atoms with van der Waals surface area (Å²) in [6.07, 6.45) is 0. The van der Waals surface area contributed by atoms with Gasteiger partial charge in [0.1, 0.15) is 5.01 Å². The normalized spacial score (nSPS) is 12.7. The maximum Gasteiger partial charge on any atom is 0.165 e. The molecule has 3 rings (SSSR count). The highest BCUT2D eigenvalue weighted by molar-refractivity contribution is 7.21. The summed E-state index contributed by atoms with van der Waals surface area (Å²) in [5.41, 5.74) is 9.21. The quantitative estimate of drug-likeness (QED) is 0.541. The number of Topliss-reactive ketones (excluding diaryl/α,β-unsaturated/α-hetero) is 1. The van der Waals surface area contributed by atoms with Crippen LogP contribution in [0.1, 0.15) is 31.1 Å². The highest BCUT2D eigenvalue weighted by atomic mass is 32.1. The second kappa shape index (κ2) is 6.13. The summed E-state index contributed by atoms with van der Waals surface area (Å²) < 4.78 is 1.04. The van der Waals surface area contributed by atoms with Crippen LogP contribution in [0.5, 0.6) is 0 Å². The number of anilines is 1. The number of nitrogens with two attached hydrogens (primary N) is 1. The van der Waals surface area contributed by atoms with E-state index in [4.69, 9.17) is 5.73 Å². The fraction of sp³-hybridized carbons (Fsp3) is 0.263. The second-order valence-electron chi connectivity index (χ2n) is 6.22. The summed E-state index contributed by atoms with van der Waals surface area (Å²) in [5.74, 6) is 0.561. The van der Waals surface area contributed by atoms with Gasteiger partial charge >= 0.3 is 0 Å². The van der Waals surface area contributed by atoms with Crippen molar-refractivity contribution in [3.63, 3.8) is 0 Å². The van der Waals surface area contributed by atoms with Gasteiger partial charge in [-0.3, -0.25) is 4.79 Å². The van der Waals surface area contributed by atoms with Crippen molar-refractivity contribution in [2.24, 2.45) is 11.8 Å². The zero-order chi connectivity index (χ0) is 16.6. The lowest BCUT2D eigenvalue weighted by molar-refractivity contribution is 0.0900. The largest absolute Gasteiger partial charge is 0.399 e. The van der Waals surface area contributed by atoms with E-state index < -0.39 is 0 Å². The van der Waals surface area contributed by atoms with Crippen molar-refractivity contribution >= 4 is 33.0 Å². The Kier molecular flexibility index (Phi) is 4.18. The lowest BCUT2D eigenvalue weighted by Crippen LogP contribution is -2.16. The minimum Gasteiger partial charge on any atom is -0.399 e. The summed E-state index contributed by atoms with van der Waals surface area (Å²) >= 11 is 1.60. The molecule has 3 aromatic rings. The Morgan fingerprint density at radius 1 is 1.09 bits per heavy atom. The van der Waals surface area contributed by atoms with E-state index in [0.717, 1.165) is 32.0 Å². The van der Waals surface area contributed by atoms with Crippen LogP contribution < -0.4 is 5.73 Å². The van der Waals surface area contributed by atoms with Gasteiger partial charge in [0.25, 0.3) is 0 Å². The zero-order valence-electron chi connectivity index (χ0n) is 13.5. The molecule has 0 saturated heterocycles. The van der Waals surface area contributed by atoms with Gasteiger partial charge in [-0.1, -0.05) is 20.8 Å². The second-order valence-corrected chi connectivity index (χ2v) is 7.25. The number of ketones is 1. The van der Waals surface area contributed by atoms with E-state index in [-0.39, 0.29) is 11.7 Å². The van der Waals surface area contributed by atoms with E-state index in [9.17, 15) is 4.79 Å². The van der Waals surface area contributed by atoms with Crippen LogP contribution in [0.4, 0.5) is 5.69 Å². The Morgan fingerprint density at radius 2 is 1.78 bits per heavy atom. The standard InChI is InChI=1S/C19H20N2OS/c1-11(2)12(3)18(22)14-6-9-16-17(10-14)23-19(21-16)13-4-7-15(20)8-5-13/h4-12H,20H2,1-3H3. The van der Waals surface area contributed by atoms with Crippen molar-refractivity contribution in [1.29, 1.82) is 0 Å². The monoisotopic (exact) mass is 324 g/mol. The summed E-state index contributed by atoms with van der Waals surface area (Å²) in [7, 11) is 0. The van der Waals surface area contributed by atoms with Gasteiger partial charge < -0.3 is 5.73 Å². The molecule has 1 atom stereocenters. The maximum atomic E-state index is 12.5. The first kappa shape index (κ1) is 15.7. The SMILES string of the molecule is CC(C)C(C)C(=O)c1ccc2nc(-c3ccc(N)cc3)sc2c1. The molecule has 2 N–H and O–H groups in total. The number of aromatic nitrogens is 1. The van der Waals surface area contributed by atoms with Crippen molar-refractivity contribution in [2.45, 2.75) is 20.8 Å². The summed E-state index contributed by atoms with van der Waals surface area (Å²) in [5, 5.41) is 0.946. The molecule has 1 unspecified atom stereocenters. The number of nitrogen functional groups attached to an aromatic ring is 1. The molecule has 118 valence electrons. The molecule has 0 aliphatic rings. The van der Waals surface area contributed by atoms with Crippen LogP contribution in [0.2, 0.25) is 0 Å². The highest BCUT2D eigenvalue weighted by Crippen LogP contribution is 2.31. The van der Waals surface area contributed by atoms with E-state index in [0.29, 0.717) is 5.92 Å². The fourth-order valence-electron chi connectivity index (χ4n) is 2.39. The van der Waals surface area contributed by atoms with Crippen LogP contribution in [0.15, 0.2) is 42.5 Å². The minimum atomic E-state index is 0.0249. The van der Waals surface area contributed by atoms with Crippen molar-refractivity contribution < 1.29 is 4.79 Å². The minimum absolute atomic E-state index is 0.0249. The van der Waals surface area contributed by atoms with Crippen LogP contribution in [-0.4, -0.2) is 10.8 Å². The van der Waals surface area contributed by atoms with Gasteiger partial charge in [0.15, 0.2) is 5.78 Å². The highest BCUT2D eigenvalue weighted by Gasteiger charge is 2.19. The van der Waals surface area contributed by atoms with Crippen molar-refractivity contribution in [1.82, 2.24) is 4.98 Å². The van der Waals surface area contributed by atoms with Gasteiger partial charge in [-0.25, -0.2) is 4.98 Å². The number of carbonyl (C=O) groups excluding carboxylic acids is 1. The average molecular weight is 324 g/mol. The van der Waals surface area contributed by atoms with Gasteiger partial charge in [0.2, 0.25) is 0 Å². The number of rotatable bonds is 4. The summed E-state index contributed by atoms with van der Waals surface area (Å²) in [6.45, 7) is 6.14. The molecule has 0 aliphatic heterocycles. The maximum absolute atomic E-state index is 12.5. The van der Waals surface area contributed by atoms with E-state index in [1.807, 2.05) is 49.4 Å². The molecule has 2 aromatic carbocycles. The Hall–Kier alpha value is -2.20. The lowest BCUT2D eigenvalue weighted by Gasteiger charge is -2.13. The number of hydrogen-bond donors (Lipinski definition) is 1. The van der Waals surface area contributed by atoms with Gasteiger partial charge in [-0.2, -0.15) is 0 Å². The molecule has 0 fully saturated rings. The third kappa shape index (κ3) is 3.13. The molecular formula is C19H20N2OS. The number of benzene rings is 2. The zero-order valence-corrected chi connectivity index (χ0v) is 14.4. The third-order valence-electron chi connectivity index (χ3n) is 4.24. The van der Waals surface area contributed by atoms with Crippen molar-refractivity contribution in [3.8, 4) is 10.6 Å². The molecule has 0 radical (unpaired) electrons. The molecule has 0 amide bonds. The topological polar surface area (TPSA) is 56.0 Å². The summed E-state index contributed by atoms with van der Waals surface area (Å²) in [4.78, 5) is 17.2. The molecule has 1 heterocycles.